The minimum Gasteiger partial charge on any atom is -0.327 e. The minimum absolute atomic E-state index is 0.00516. The average Bonchev–Trinajstić information content (AvgIpc) is 2.10. The molecule has 84 valence electrons. The summed E-state index contributed by atoms with van der Waals surface area (Å²) in [6, 6.07) is 4.92. The molecule has 1 aromatic carbocycles. The van der Waals surface area contributed by atoms with Crippen molar-refractivity contribution in [3.63, 3.8) is 0 Å². The Kier molecular flexibility index (Phi) is 4.12. The van der Waals surface area contributed by atoms with Gasteiger partial charge in [0.05, 0.1) is 5.02 Å². The Bertz CT molecular complexity index is 328. The van der Waals surface area contributed by atoms with Crippen LogP contribution >= 0.6 is 11.6 Å². The van der Waals surface area contributed by atoms with Crippen molar-refractivity contribution in [1.29, 1.82) is 0 Å². The van der Waals surface area contributed by atoms with Crippen LogP contribution in [0, 0.1) is 11.7 Å². The zero-order valence-corrected chi connectivity index (χ0v) is 10.1. The van der Waals surface area contributed by atoms with E-state index < -0.39 is 0 Å². The van der Waals surface area contributed by atoms with Crippen LogP contribution in [0.3, 0.4) is 0 Å². The van der Waals surface area contributed by atoms with Crippen molar-refractivity contribution in [2.45, 2.75) is 32.7 Å². The van der Waals surface area contributed by atoms with Gasteiger partial charge in [0.2, 0.25) is 0 Å². The van der Waals surface area contributed by atoms with E-state index in [1.807, 2.05) is 13.0 Å². The molecule has 0 amide bonds. The highest BCUT2D eigenvalue weighted by atomic mass is 35.5. The third-order valence-corrected chi connectivity index (χ3v) is 2.92. The standard InChI is InChI=1S/C12H17ClFN/c1-7(2)12(8(3)15)9-4-5-10(13)11(14)6-9/h4-8,12H,15H2,1-3H3. The van der Waals surface area contributed by atoms with E-state index in [9.17, 15) is 4.39 Å². The molecule has 15 heavy (non-hydrogen) atoms. The lowest BCUT2D eigenvalue weighted by Crippen LogP contribution is -2.28. The van der Waals surface area contributed by atoms with Crippen molar-refractivity contribution in [3.8, 4) is 0 Å². The second kappa shape index (κ2) is 4.95. The molecule has 1 nitrogen and oxygen atoms in total. The first-order valence-corrected chi connectivity index (χ1v) is 5.51. The van der Waals surface area contributed by atoms with Crippen molar-refractivity contribution in [3.05, 3.63) is 34.6 Å². The first-order valence-electron chi connectivity index (χ1n) is 5.14. The van der Waals surface area contributed by atoms with Gasteiger partial charge in [0.25, 0.3) is 0 Å². The number of rotatable bonds is 3. The van der Waals surface area contributed by atoms with Gasteiger partial charge in [0, 0.05) is 12.0 Å². The van der Waals surface area contributed by atoms with Gasteiger partial charge in [-0.05, 0) is 30.5 Å². The minimum atomic E-state index is -0.375. The fraction of sp³-hybridized carbons (Fsp3) is 0.500. The van der Waals surface area contributed by atoms with E-state index in [4.69, 9.17) is 17.3 Å². The van der Waals surface area contributed by atoms with Crippen LogP contribution in [0.1, 0.15) is 32.3 Å². The van der Waals surface area contributed by atoms with E-state index in [-0.39, 0.29) is 22.8 Å². The molecule has 0 aliphatic rings. The zero-order chi connectivity index (χ0) is 11.6. The van der Waals surface area contributed by atoms with E-state index in [1.165, 1.54) is 6.07 Å². The molecule has 0 saturated heterocycles. The maximum absolute atomic E-state index is 13.3. The fourth-order valence-corrected chi connectivity index (χ4v) is 2.13. The topological polar surface area (TPSA) is 26.0 Å². The van der Waals surface area contributed by atoms with Gasteiger partial charge in [-0.15, -0.1) is 0 Å². The Balaban J connectivity index is 3.07. The molecule has 0 aliphatic carbocycles. The highest BCUT2D eigenvalue weighted by Crippen LogP contribution is 2.29. The second-order valence-corrected chi connectivity index (χ2v) is 4.71. The van der Waals surface area contributed by atoms with Crippen LogP contribution in [0.2, 0.25) is 5.02 Å². The number of nitrogens with two attached hydrogens (primary N) is 1. The lowest BCUT2D eigenvalue weighted by molar-refractivity contribution is 0.434. The summed E-state index contributed by atoms with van der Waals surface area (Å²) in [5, 5.41) is 0.158. The van der Waals surface area contributed by atoms with Gasteiger partial charge in [-0.25, -0.2) is 4.39 Å². The van der Waals surface area contributed by atoms with Crippen LogP contribution < -0.4 is 5.73 Å². The number of hydrogen-bond acceptors (Lipinski definition) is 1. The summed E-state index contributed by atoms with van der Waals surface area (Å²) in [6.45, 7) is 6.11. The van der Waals surface area contributed by atoms with Gasteiger partial charge >= 0.3 is 0 Å². The molecule has 1 rings (SSSR count). The smallest absolute Gasteiger partial charge is 0.142 e. The van der Waals surface area contributed by atoms with E-state index in [0.717, 1.165) is 5.56 Å². The molecular formula is C12H17ClFN. The van der Waals surface area contributed by atoms with Crippen molar-refractivity contribution >= 4 is 11.6 Å². The molecule has 1 aromatic rings. The molecule has 2 N–H and O–H groups in total. The Morgan fingerprint density at radius 2 is 1.87 bits per heavy atom. The molecule has 0 heterocycles. The van der Waals surface area contributed by atoms with Crippen LogP contribution in [0.25, 0.3) is 0 Å². The quantitative estimate of drug-likeness (QED) is 0.843. The van der Waals surface area contributed by atoms with Crippen LogP contribution in [-0.4, -0.2) is 6.04 Å². The van der Waals surface area contributed by atoms with E-state index in [1.54, 1.807) is 6.07 Å². The predicted octanol–water partition coefficient (Wildman–Crippen LogP) is 3.57. The predicted molar refractivity (Wildman–Crippen MR) is 62.6 cm³/mol. The van der Waals surface area contributed by atoms with Crippen molar-refractivity contribution in [1.82, 2.24) is 0 Å². The highest BCUT2D eigenvalue weighted by molar-refractivity contribution is 6.30. The van der Waals surface area contributed by atoms with Gasteiger partial charge < -0.3 is 5.73 Å². The van der Waals surface area contributed by atoms with Crippen LogP contribution in [0.15, 0.2) is 18.2 Å². The molecule has 0 aliphatic heterocycles. The first kappa shape index (κ1) is 12.5. The Morgan fingerprint density at radius 3 is 2.27 bits per heavy atom. The Labute approximate surface area is 95.4 Å². The summed E-state index contributed by atoms with van der Waals surface area (Å²) in [7, 11) is 0. The molecular weight excluding hydrogens is 213 g/mol. The maximum Gasteiger partial charge on any atom is 0.142 e. The number of hydrogen-bond donors (Lipinski definition) is 1. The summed E-state index contributed by atoms with van der Waals surface area (Å²) in [4.78, 5) is 0. The van der Waals surface area contributed by atoms with Crippen molar-refractivity contribution < 1.29 is 4.39 Å². The van der Waals surface area contributed by atoms with Gasteiger partial charge in [-0.3, -0.25) is 0 Å². The Morgan fingerprint density at radius 1 is 1.27 bits per heavy atom. The summed E-state index contributed by atoms with van der Waals surface area (Å²) in [5.41, 5.74) is 6.82. The number of halogens is 2. The van der Waals surface area contributed by atoms with Gasteiger partial charge in [0.15, 0.2) is 0 Å². The summed E-state index contributed by atoms with van der Waals surface area (Å²) in [5.74, 6) is 0.169. The maximum atomic E-state index is 13.3. The lowest BCUT2D eigenvalue weighted by Gasteiger charge is -2.25. The molecule has 3 heteroatoms. The summed E-state index contributed by atoms with van der Waals surface area (Å²) in [6.07, 6.45) is 0. The molecule has 2 unspecified atom stereocenters. The van der Waals surface area contributed by atoms with E-state index in [2.05, 4.69) is 13.8 Å². The Hall–Kier alpha value is -0.600. The van der Waals surface area contributed by atoms with Crippen molar-refractivity contribution in [2.75, 3.05) is 0 Å². The molecule has 0 fully saturated rings. The average molecular weight is 230 g/mol. The lowest BCUT2D eigenvalue weighted by atomic mass is 9.83. The van der Waals surface area contributed by atoms with Crippen LogP contribution in [-0.2, 0) is 0 Å². The molecule has 0 bridgehead atoms. The molecule has 0 saturated carbocycles. The SMILES string of the molecule is CC(C)C(c1ccc(Cl)c(F)c1)C(C)N. The van der Waals surface area contributed by atoms with E-state index in [0.29, 0.717) is 5.92 Å². The zero-order valence-electron chi connectivity index (χ0n) is 9.30. The van der Waals surface area contributed by atoms with Crippen LogP contribution in [0.5, 0.6) is 0 Å². The second-order valence-electron chi connectivity index (χ2n) is 4.30. The van der Waals surface area contributed by atoms with Crippen molar-refractivity contribution in [2.24, 2.45) is 11.7 Å². The van der Waals surface area contributed by atoms with Gasteiger partial charge in [0.1, 0.15) is 5.82 Å². The summed E-state index contributed by atoms with van der Waals surface area (Å²) < 4.78 is 13.3. The van der Waals surface area contributed by atoms with Gasteiger partial charge in [-0.1, -0.05) is 31.5 Å². The normalized spacial score (nSPS) is 15.4. The molecule has 0 spiro atoms. The largest absolute Gasteiger partial charge is 0.327 e. The number of benzene rings is 1. The third-order valence-electron chi connectivity index (χ3n) is 2.61. The van der Waals surface area contributed by atoms with E-state index >= 15 is 0 Å². The third kappa shape index (κ3) is 2.93. The van der Waals surface area contributed by atoms with Crippen LogP contribution in [0.4, 0.5) is 4.39 Å². The molecule has 0 aromatic heterocycles. The first-order chi connectivity index (χ1) is 6.93. The van der Waals surface area contributed by atoms with Gasteiger partial charge in [-0.2, -0.15) is 0 Å². The summed E-state index contributed by atoms with van der Waals surface area (Å²) >= 11 is 5.64. The monoisotopic (exact) mass is 229 g/mol. The molecule has 0 radical (unpaired) electrons. The fourth-order valence-electron chi connectivity index (χ4n) is 2.02. The highest BCUT2D eigenvalue weighted by Gasteiger charge is 2.20. The molecule has 2 atom stereocenters.